The first kappa shape index (κ1) is 23.9. The summed E-state index contributed by atoms with van der Waals surface area (Å²) in [5.74, 6) is 0.308. The summed E-state index contributed by atoms with van der Waals surface area (Å²) in [6.45, 7) is 7.33. The van der Waals surface area contributed by atoms with Crippen molar-refractivity contribution in [2.45, 2.75) is 69.7 Å². The van der Waals surface area contributed by atoms with Gasteiger partial charge in [0, 0.05) is 30.7 Å². The molecule has 2 aromatic heterocycles. The molecular formula is C26H32N4O4S. The van der Waals surface area contributed by atoms with Gasteiger partial charge in [0.1, 0.15) is 0 Å². The highest BCUT2D eigenvalue weighted by atomic mass is 32.2. The highest BCUT2D eigenvalue weighted by molar-refractivity contribution is 7.89. The predicted molar refractivity (Wildman–Crippen MR) is 133 cm³/mol. The van der Waals surface area contributed by atoms with Gasteiger partial charge in [-0.2, -0.15) is 0 Å². The van der Waals surface area contributed by atoms with Crippen LogP contribution < -0.4 is 4.72 Å². The second-order valence-corrected chi connectivity index (χ2v) is 12.6. The van der Waals surface area contributed by atoms with Crippen LogP contribution in [0.15, 0.2) is 45.8 Å². The molecule has 2 aliphatic rings. The number of rotatable bonds is 6. The molecule has 1 saturated heterocycles. The lowest BCUT2D eigenvalue weighted by molar-refractivity contribution is 0.0713. The number of aromatic nitrogens is 2. The lowest BCUT2D eigenvalue weighted by atomic mass is 9.89. The standard InChI is InChI=1S/C26H32N4O4S/c1-26(2,3)16-22-23-20(15-21(17-9-10-17)27-24(23)34-28-22)25(31)30-13-11-18(12-14-30)29-35(32,33)19-7-5-4-6-8-19/h4-8,15,17-18,29H,9-14,16H2,1-3H3. The van der Waals surface area contributed by atoms with Crippen molar-refractivity contribution >= 4 is 27.0 Å². The van der Waals surface area contributed by atoms with Gasteiger partial charge in [0.15, 0.2) is 0 Å². The zero-order chi connectivity index (χ0) is 24.8. The average molecular weight is 497 g/mol. The van der Waals surface area contributed by atoms with Crippen LogP contribution in [0.4, 0.5) is 0 Å². The molecule has 9 heteroatoms. The molecule has 0 atom stereocenters. The molecule has 1 N–H and O–H groups in total. The Hall–Kier alpha value is -2.78. The summed E-state index contributed by atoms with van der Waals surface area (Å²) in [6.07, 6.45) is 3.93. The molecule has 3 heterocycles. The minimum Gasteiger partial charge on any atom is -0.339 e. The highest BCUT2D eigenvalue weighted by Crippen LogP contribution is 2.41. The van der Waals surface area contributed by atoms with Gasteiger partial charge >= 0.3 is 0 Å². The van der Waals surface area contributed by atoms with E-state index in [0.717, 1.165) is 24.2 Å². The molecule has 0 radical (unpaired) electrons. The number of piperidine rings is 1. The lowest BCUT2D eigenvalue weighted by Crippen LogP contribution is -2.46. The maximum absolute atomic E-state index is 13.7. The number of sulfonamides is 1. The van der Waals surface area contributed by atoms with Gasteiger partial charge in [0.25, 0.3) is 11.6 Å². The molecule has 1 aliphatic carbocycles. The van der Waals surface area contributed by atoms with Crippen LogP contribution in [0.25, 0.3) is 11.1 Å². The van der Waals surface area contributed by atoms with Crippen LogP contribution in [0.1, 0.15) is 74.1 Å². The van der Waals surface area contributed by atoms with Crippen molar-refractivity contribution in [1.82, 2.24) is 19.8 Å². The summed E-state index contributed by atoms with van der Waals surface area (Å²) >= 11 is 0. The van der Waals surface area contributed by atoms with Crippen LogP contribution >= 0.6 is 0 Å². The third-order valence-corrected chi connectivity index (χ3v) is 8.15. The van der Waals surface area contributed by atoms with Gasteiger partial charge in [-0.05, 0) is 55.7 Å². The molecule has 1 aliphatic heterocycles. The van der Waals surface area contributed by atoms with Gasteiger partial charge < -0.3 is 9.42 Å². The van der Waals surface area contributed by atoms with Crippen LogP contribution in [0.5, 0.6) is 0 Å². The number of carbonyl (C=O) groups is 1. The van der Waals surface area contributed by atoms with Crippen molar-refractivity contribution in [3.8, 4) is 0 Å². The topological polar surface area (TPSA) is 105 Å². The van der Waals surface area contributed by atoms with Gasteiger partial charge in [-0.25, -0.2) is 18.1 Å². The number of hydrogen-bond donors (Lipinski definition) is 1. The molecule has 0 unspecified atom stereocenters. The molecule has 1 saturated carbocycles. The third-order valence-electron chi connectivity index (χ3n) is 6.62. The van der Waals surface area contributed by atoms with Gasteiger partial charge in [-0.1, -0.05) is 44.1 Å². The molecule has 1 amide bonds. The summed E-state index contributed by atoms with van der Waals surface area (Å²) in [6, 6.07) is 10.1. The molecule has 0 spiro atoms. The Bertz CT molecular complexity index is 1330. The van der Waals surface area contributed by atoms with Crippen LogP contribution in [-0.4, -0.2) is 48.5 Å². The van der Waals surface area contributed by atoms with Gasteiger partial charge in [-0.3, -0.25) is 4.79 Å². The smallest absolute Gasteiger partial charge is 0.259 e. The Morgan fingerprint density at radius 3 is 2.43 bits per heavy atom. The molecule has 0 bridgehead atoms. The minimum atomic E-state index is -3.58. The molecule has 3 aromatic rings. The number of nitrogens with one attached hydrogen (secondary N) is 1. The second kappa shape index (κ2) is 9.02. The van der Waals surface area contributed by atoms with Crippen molar-refractivity contribution in [2.24, 2.45) is 5.41 Å². The molecule has 5 rings (SSSR count). The van der Waals surface area contributed by atoms with E-state index in [-0.39, 0.29) is 22.3 Å². The SMILES string of the molecule is CC(C)(C)Cc1noc2nc(C3CC3)cc(C(=O)N3CCC(NS(=O)(=O)c4ccccc4)CC3)c12. The Balaban J connectivity index is 1.35. The number of likely N-dealkylation sites (tertiary alicyclic amines) is 1. The summed E-state index contributed by atoms with van der Waals surface area (Å²) in [5, 5.41) is 5.00. The van der Waals surface area contributed by atoms with Gasteiger partial charge in [0.05, 0.1) is 21.5 Å². The van der Waals surface area contributed by atoms with Gasteiger partial charge in [0.2, 0.25) is 10.0 Å². The minimum absolute atomic E-state index is 0.0203. The predicted octanol–water partition coefficient (Wildman–Crippen LogP) is 4.27. The quantitative estimate of drug-likeness (QED) is 0.546. The van der Waals surface area contributed by atoms with E-state index in [0.29, 0.717) is 54.9 Å². The number of carbonyl (C=O) groups excluding carboxylic acids is 1. The first-order valence-electron chi connectivity index (χ1n) is 12.3. The fourth-order valence-electron chi connectivity index (χ4n) is 4.67. The molecular weight excluding hydrogens is 464 g/mol. The van der Waals surface area contributed by atoms with Crippen molar-refractivity contribution in [1.29, 1.82) is 0 Å². The molecule has 1 aromatic carbocycles. The maximum Gasteiger partial charge on any atom is 0.259 e. The number of hydrogen-bond acceptors (Lipinski definition) is 6. The fraction of sp³-hybridized carbons (Fsp3) is 0.500. The van der Waals surface area contributed by atoms with E-state index in [1.54, 1.807) is 30.3 Å². The summed E-state index contributed by atoms with van der Waals surface area (Å²) in [5.41, 5.74) is 2.66. The Kier molecular flexibility index (Phi) is 6.17. The molecule has 35 heavy (non-hydrogen) atoms. The zero-order valence-electron chi connectivity index (χ0n) is 20.5. The molecule has 2 fully saturated rings. The number of nitrogens with zero attached hydrogens (tertiary/aromatic N) is 3. The van der Waals surface area contributed by atoms with E-state index in [9.17, 15) is 13.2 Å². The van der Waals surface area contributed by atoms with E-state index >= 15 is 0 Å². The highest BCUT2D eigenvalue weighted by Gasteiger charge is 2.33. The van der Waals surface area contributed by atoms with E-state index in [2.05, 4.69) is 35.6 Å². The Morgan fingerprint density at radius 1 is 1.11 bits per heavy atom. The lowest BCUT2D eigenvalue weighted by Gasteiger charge is -2.32. The van der Waals surface area contributed by atoms with E-state index in [4.69, 9.17) is 4.52 Å². The summed E-state index contributed by atoms with van der Waals surface area (Å²) in [7, 11) is -3.58. The maximum atomic E-state index is 13.7. The number of fused-ring (bicyclic) bond motifs is 1. The largest absolute Gasteiger partial charge is 0.339 e. The second-order valence-electron chi connectivity index (χ2n) is 10.9. The van der Waals surface area contributed by atoms with Crippen LogP contribution in [0.3, 0.4) is 0 Å². The van der Waals surface area contributed by atoms with Crippen LogP contribution in [0.2, 0.25) is 0 Å². The van der Waals surface area contributed by atoms with Crippen molar-refractivity contribution in [3.63, 3.8) is 0 Å². The van der Waals surface area contributed by atoms with E-state index in [1.165, 1.54) is 0 Å². The molecule has 8 nitrogen and oxygen atoms in total. The number of benzene rings is 1. The Labute approximate surface area is 206 Å². The number of amides is 1. The first-order valence-corrected chi connectivity index (χ1v) is 13.7. The van der Waals surface area contributed by atoms with Crippen molar-refractivity contribution in [3.05, 3.63) is 53.3 Å². The normalized spacial score (nSPS) is 17.7. The van der Waals surface area contributed by atoms with E-state index in [1.807, 2.05) is 11.0 Å². The fourth-order valence-corrected chi connectivity index (χ4v) is 5.99. The Morgan fingerprint density at radius 2 is 1.80 bits per heavy atom. The zero-order valence-corrected chi connectivity index (χ0v) is 21.3. The van der Waals surface area contributed by atoms with Crippen LogP contribution in [0, 0.1) is 5.41 Å². The van der Waals surface area contributed by atoms with Crippen molar-refractivity contribution in [2.75, 3.05) is 13.1 Å². The summed E-state index contributed by atoms with van der Waals surface area (Å²) in [4.78, 5) is 20.5. The van der Waals surface area contributed by atoms with E-state index < -0.39 is 10.0 Å². The van der Waals surface area contributed by atoms with Crippen LogP contribution in [-0.2, 0) is 16.4 Å². The average Bonchev–Trinajstić information content (AvgIpc) is 3.60. The van der Waals surface area contributed by atoms with Crippen molar-refractivity contribution < 1.29 is 17.7 Å². The monoisotopic (exact) mass is 496 g/mol. The first-order chi connectivity index (χ1) is 16.6. The number of pyridine rings is 1. The summed E-state index contributed by atoms with van der Waals surface area (Å²) < 4.78 is 33.8. The van der Waals surface area contributed by atoms with Gasteiger partial charge in [-0.15, -0.1) is 0 Å². The third kappa shape index (κ3) is 5.26. The molecule has 186 valence electrons.